The van der Waals surface area contributed by atoms with Gasteiger partial charge in [-0.25, -0.2) is 0 Å². The van der Waals surface area contributed by atoms with Crippen LogP contribution >= 0.6 is 12.4 Å². The molecule has 10 nitrogen and oxygen atoms in total. The van der Waals surface area contributed by atoms with E-state index in [0.29, 0.717) is 32.4 Å². The van der Waals surface area contributed by atoms with Crippen LogP contribution in [0, 0.1) is 17.8 Å². The number of nitrogens with two attached hydrogens (primary N) is 4. The Morgan fingerprint density at radius 3 is 1.90 bits per heavy atom. The molecule has 2 aliphatic rings. The molecule has 10 N–H and O–H groups in total. The van der Waals surface area contributed by atoms with Crippen LogP contribution in [0.2, 0.25) is 0 Å². The maximum atomic E-state index is 14.0. The van der Waals surface area contributed by atoms with Crippen LogP contribution in [0.25, 0.3) is 0 Å². The third-order valence-electron chi connectivity index (χ3n) is 8.58. The minimum Gasteiger partial charge on any atom is -0.370 e. The average molecular weight is 592 g/mol. The average Bonchev–Trinajstić information content (AvgIpc) is 2.97. The summed E-state index contributed by atoms with van der Waals surface area (Å²) in [4.78, 5) is 43.7. The molecular formula is C30H50ClN7O3. The van der Waals surface area contributed by atoms with Gasteiger partial charge < -0.3 is 33.6 Å². The third kappa shape index (κ3) is 11.2. The first-order chi connectivity index (χ1) is 19.3. The lowest BCUT2D eigenvalue weighted by Gasteiger charge is -2.34. The molecule has 2 aliphatic carbocycles. The zero-order valence-corrected chi connectivity index (χ0v) is 25.0. The highest BCUT2D eigenvalue weighted by Gasteiger charge is 2.36. The van der Waals surface area contributed by atoms with Crippen LogP contribution < -0.4 is 33.6 Å². The monoisotopic (exact) mass is 591 g/mol. The quantitative estimate of drug-likeness (QED) is 0.109. The van der Waals surface area contributed by atoms with Crippen molar-refractivity contribution < 1.29 is 14.4 Å². The van der Waals surface area contributed by atoms with E-state index in [1.807, 2.05) is 12.1 Å². The predicted octanol–water partition coefficient (Wildman–Crippen LogP) is 2.39. The van der Waals surface area contributed by atoms with E-state index in [9.17, 15) is 14.4 Å². The number of amides is 3. The molecule has 2 fully saturated rings. The fourth-order valence-electron chi connectivity index (χ4n) is 6.25. The van der Waals surface area contributed by atoms with Gasteiger partial charge in [-0.05, 0) is 67.9 Å². The number of primary amides is 1. The summed E-state index contributed by atoms with van der Waals surface area (Å²) < 4.78 is 0. The summed E-state index contributed by atoms with van der Waals surface area (Å²) >= 11 is 0. The highest BCUT2D eigenvalue weighted by molar-refractivity contribution is 5.92. The molecule has 3 amide bonds. The SMILES string of the molecule is Cl.NCc1ccc(CC(C(=O)N[C@H](C(=O)N[C@@H](CCCN=C(N)N)C(N)=O)C2CCCCC2)C2CCCCC2)cc1. The maximum Gasteiger partial charge on any atom is 0.243 e. The molecule has 0 spiro atoms. The van der Waals surface area contributed by atoms with E-state index in [-0.39, 0.29) is 47.9 Å². The molecular weight excluding hydrogens is 542 g/mol. The largest absolute Gasteiger partial charge is 0.370 e. The zero-order chi connectivity index (χ0) is 28.9. The minimum atomic E-state index is -0.861. The summed E-state index contributed by atoms with van der Waals surface area (Å²) in [5.74, 6) is -1.01. The number of aliphatic imine (C=N–C) groups is 1. The number of carbonyl (C=O) groups excluding carboxylic acids is 3. The Balaban J connectivity index is 0.00000588. The molecule has 1 aromatic rings. The van der Waals surface area contributed by atoms with Gasteiger partial charge in [0.1, 0.15) is 12.1 Å². The summed E-state index contributed by atoms with van der Waals surface area (Å²) in [7, 11) is 0. The van der Waals surface area contributed by atoms with Crippen LogP contribution in [-0.2, 0) is 27.3 Å². The second-order valence-electron chi connectivity index (χ2n) is 11.5. The maximum absolute atomic E-state index is 14.0. The van der Waals surface area contributed by atoms with Crippen molar-refractivity contribution in [3.63, 3.8) is 0 Å². The number of rotatable bonds is 14. The van der Waals surface area contributed by atoms with Crippen LogP contribution in [0.3, 0.4) is 0 Å². The molecule has 41 heavy (non-hydrogen) atoms. The van der Waals surface area contributed by atoms with Crippen LogP contribution in [0.15, 0.2) is 29.3 Å². The zero-order valence-electron chi connectivity index (χ0n) is 24.2. The number of benzene rings is 1. The highest BCUT2D eigenvalue weighted by Crippen LogP contribution is 2.33. The lowest BCUT2D eigenvalue weighted by molar-refractivity contribution is -0.135. The molecule has 0 radical (unpaired) electrons. The predicted molar refractivity (Wildman–Crippen MR) is 165 cm³/mol. The Kier molecular flexibility index (Phi) is 15.0. The molecule has 0 heterocycles. The van der Waals surface area contributed by atoms with Gasteiger partial charge in [-0.3, -0.25) is 19.4 Å². The molecule has 0 saturated heterocycles. The summed E-state index contributed by atoms with van der Waals surface area (Å²) in [6.45, 7) is 0.811. The van der Waals surface area contributed by atoms with Gasteiger partial charge in [-0.15, -0.1) is 12.4 Å². The molecule has 1 unspecified atom stereocenters. The van der Waals surface area contributed by atoms with Gasteiger partial charge in [-0.2, -0.15) is 0 Å². The van der Waals surface area contributed by atoms with Crippen LogP contribution in [0.5, 0.6) is 0 Å². The summed E-state index contributed by atoms with van der Waals surface area (Å²) in [6, 6.07) is 6.56. The van der Waals surface area contributed by atoms with E-state index in [2.05, 4.69) is 27.8 Å². The number of halogens is 1. The molecule has 11 heteroatoms. The van der Waals surface area contributed by atoms with Gasteiger partial charge in [0.15, 0.2) is 5.96 Å². The van der Waals surface area contributed by atoms with Crippen molar-refractivity contribution in [2.75, 3.05) is 6.54 Å². The minimum absolute atomic E-state index is 0. The van der Waals surface area contributed by atoms with Gasteiger partial charge in [0.25, 0.3) is 0 Å². The smallest absolute Gasteiger partial charge is 0.243 e. The number of guanidine groups is 1. The van der Waals surface area contributed by atoms with E-state index in [0.717, 1.165) is 68.9 Å². The first-order valence-corrected chi connectivity index (χ1v) is 15.0. The van der Waals surface area contributed by atoms with Gasteiger partial charge in [0, 0.05) is 19.0 Å². The van der Waals surface area contributed by atoms with Crippen molar-refractivity contribution in [3.05, 3.63) is 35.4 Å². The molecule has 1 aromatic carbocycles. The molecule has 0 aromatic heterocycles. The third-order valence-corrected chi connectivity index (χ3v) is 8.58. The van der Waals surface area contributed by atoms with Gasteiger partial charge >= 0.3 is 0 Å². The van der Waals surface area contributed by atoms with Crippen molar-refractivity contribution in [1.29, 1.82) is 0 Å². The Morgan fingerprint density at radius 2 is 1.37 bits per heavy atom. The van der Waals surface area contributed by atoms with Gasteiger partial charge in [-0.1, -0.05) is 62.8 Å². The number of carbonyl (C=O) groups is 3. The molecule has 230 valence electrons. The fraction of sp³-hybridized carbons (Fsp3) is 0.667. The van der Waals surface area contributed by atoms with Crippen molar-refractivity contribution in [3.8, 4) is 0 Å². The molecule has 3 rings (SSSR count). The number of hydrogen-bond acceptors (Lipinski definition) is 5. The highest BCUT2D eigenvalue weighted by atomic mass is 35.5. The molecule has 0 bridgehead atoms. The van der Waals surface area contributed by atoms with E-state index < -0.39 is 18.0 Å². The first-order valence-electron chi connectivity index (χ1n) is 15.0. The lowest BCUT2D eigenvalue weighted by Crippen LogP contribution is -2.57. The fourth-order valence-corrected chi connectivity index (χ4v) is 6.25. The second-order valence-corrected chi connectivity index (χ2v) is 11.5. The number of nitrogens with one attached hydrogen (secondary N) is 2. The molecule has 3 atom stereocenters. The van der Waals surface area contributed by atoms with Crippen molar-refractivity contribution >= 4 is 36.1 Å². The van der Waals surface area contributed by atoms with E-state index in [4.69, 9.17) is 22.9 Å². The van der Waals surface area contributed by atoms with Crippen LogP contribution in [-0.4, -0.2) is 42.3 Å². The topological polar surface area (TPSA) is 192 Å². The van der Waals surface area contributed by atoms with Gasteiger partial charge in [0.2, 0.25) is 17.7 Å². The number of hydrogen-bond donors (Lipinski definition) is 6. The van der Waals surface area contributed by atoms with Crippen LogP contribution in [0.4, 0.5) is 0 Å². The normalized spacial score (nSPS) is 18.3. The number of nitrogens with zero attached hydrogens (tertiary/aromatic N) is 1. The molecule has 2 saturated carbocycles. The Hall–Kier alpha value is -2.85. The summed E-state index contributed by atoms with van der Waals surface area (Å²) in [5.41, 5.74) is 24.3. The summed E-state index contributed by atoms with van der Waals surface area (Å²) in [5, 5.41) is 6.01. The molecule has 0 aliphatic heterocycles. The first kappa shape index (κ1) is 34.4. The Morgan fingerprint density at radius 1 is 0.805 bits per heavy atom. The second kappa shape index (κ2) is 17.9. The van der Waals surface area contributed by atoms with Crippen molar-refractivity contribution in [2.24, 2.45) is 45.7 Å². The van der Waals surface area contributed by atoms with Crippen LogP contribution in [0.1, 0.15) is 88.2 Å². The van der Waals surface area contributed by atoms with E-state index in [1.165, 1.54) is 6.42 Å². The Bertz CT molecular complexity index is 988. The van der Waals surface area contributed by atoms with Crippen molar-refractivity contribution in [2.45, 2.75) is 102 Å². The van der Waals surface area contributed by atoms with Gasteiger partial charge in [0.05, 0.1) is 0 Å². The lowest BCUT2D eigenvalue weighted by atomic mass is 9.76. The summed E-state index contributed by atoms with van der Waals surface area (Å²) in [6.07, 6.45) is 11.7. The standard InChI is InChI=1S/C30H49N7O3.ClH/c31-19-21-15-13-20(14-16-21)18-24(22-8-3-1-4-9-22)28(39)37-26(23-10-5-2-6-11-23)29(40)36-25(27(32)38)12-7-17-35-30(33)34;/h13-16,22-26H,1-12,17-19,31H2,(H2,32,38)(H,36,40)(H,37,39)(H4,33,34,35);1H/t24?,25-,26-;/m0./s1. The van der Waals surface area contributed by atoms with Crippen molar-refractivity contribution in [1.82, 2.24) is 10.6 Å². The van der Waals surface area contributed by atoms with E-state index >= 15 is 0 Å². The van der Waals surface area contributed by atoms with E-state index in [1.54, 1.807) is 0 Å². The Labute approximate surface area is 250 Å².